The van der Waals surface area contributed by atoms with Gasteiger partial charge in [-0.05, 0) is 89.1 Å². The average Bonchev–Trinajstić information content (AvgIpc) is 3.82. The van der Waals surface area contributed by atoms with Crippen molar-refractivity contribution >= 4 is 46.4 Å². The van der Waals surface area contributed by atoms with Crippen LogP contribution in [0.4, 0.5) is 4.39 Å². The standard InChI is InChI=1S/C40H40N3OSi.C11H7FN.Ir/c1-24(2)33-22-28(27-17-19-29(20-18-27)45(6,7)8)23-34(25(3)4)37(33)43-36-15-10-9-14-35(36)42-39(43)32-13-11-12-30-31-21-16-26(5)41-40(31)44-38(30)32;12-10-6-4-9(5-7-10)11-3-1-2-8-13-11;/h9-12,14-25H,1-8H3;1-4,6-8H;/q2*-1;/i5D3;;. The summed E-state index contributed by atoms with van der Waals surface area (Å²) >= 11 is 0. The van der Waals surface area contributed by atoms with Crippen molar-refractivity contribution in [3.05, 3.63) is 162 Å². The van der Waals surface area contributed by atoms with Crippen LogP contribution in [0.2, 0.25) is 19.6 Å². The number of aryl methyl sites for hydroxylation is 1. The van der Waals surface area contributed by atoms with E-state index in [9.17, 15) is 4.39 Å². The number of furan rings is 1. The number of imidazole rings is 1. The van der Waals surface area contributed by atoms with Gasteiger partial charge in [0.15, 0.2) is 0 Å². The van der Waals surface area contributed by atoms with E-state index in [1.54, 1.807) is 24.4 Å². The number of aromatic nitrogens is 4. The molecule has 4 heterocycles. The Morgan fingerprint density at radius 2 is 1.49 bits per heavy atom. The first-order valence-corrected chi connectivity index (χ1v) is 23.2. The zero-order valence-electron chi connectivity index (χ0n) is 37.2. The number of hydrogen-bond donors (Lipinski definition) is 0. The Morgan fingerprint density at radius 3 is 2.14 bits per heavy atom. The van der Waals surface area contributed by atoms with Crippen molar-refractivity contribution in [1.29, 1.82) is 0 Å². The van der Waals surface area contributed by atoms with Crippen LogP contribution in [0, 0.1) is 24.8 Å². The zero-order valence-corrected chi connectivity index (χ0v) is 37.6. The summed E-state index contributed by atoms with van der Waals surface area (Å²) in [6, 6.07) is 45.5. The van der Waals surface area contributed by atoms with Gasteiger partial charge in [0.1, 0.15) is 0 Å². The molecule has 0 saturated heterocycles. The monoisotopic (exact) mass is 974 g/mol. The third kappa shape index (κ3) is 8.35. The van der Waals surface area contributed by atoms with Crippen molar-refractivity contribution in [2.75, 3.05) is 0 Å². The van der Waals surface area contributed by atoms with Crippen LogP contribution in [-0.2, 0) is 20.1 Å². The van der Waals surface area contributed by atoms with Crippen molar-refractivity contribution in [1.82, 2.24) is 19.5 Å². The second-order valence-corrected chi connectivity index (χ2v) is 21.4. The van der Waals surface area contributed by atoms with Gasteiger partial charge in [0.25, 0.3) is 0 Å². The molecule has 299 valence electrons. The summed E-state index contributed by atoms with van der Waals surface area (Å²) in [7, 11) is -1.42. The minimum absolute atomic E-state index is 0. The molecule has 9 aromatic rings. The minimum Gasteiger partial charge on any atom is -0.486 e. The van der Waals surface area contributed by atoms with E-state index in [-0.39, 0.29) is 49.2 Å². The van der Waals surface area contributed by atoms with Gasteiger partial charge in [0, 0.05) is 53.0 Å². The molecule has 0 saturated carbocycles. The van der Waals surface area contributed by atoms with Crippen molar-refractivity contribution < 1.29 is 33.0 Å². The number of nitrogens with zero attached hydrogens (tertiary/aromatic N) is 4. The SMILES string of the molecule is Fc1c[c-]c(-c2ccccn2)cc1.[2H]C([2H])([2H])c1ccc2c(n1)oc1c(-c3nc4ccccc4n3-c3c(C(C)C)cc(-c4ccc([Si](C)(C)C)cc4)cc3C(C)C)[c-]ccc12.[Ir]. The van der Waals surface area contributed by atoms with E-state index in [2.05, 4.69) is 123 Å². The van der Waals surface area contributed by atoms with Gasteiger partial charge >= 0.3 is 0 Å². The van der Waals surface area contributed by atoms with Crippen LogP contribution in [0.25, 0.3) is 72.6 Å². The molecule has 9 rings (SSSR count). The van der Waals surface area contributed by atoms with Crippen LogP contribution in [0.15, 0.2) is 132 Å². The molecule has 0 bridgehead atoms. The summed E-state index contributed by atoms with van der Waals surface area (Å²) in [6.07, 6.45) is 1.70. The van der Waals surface area contributed by atoms with Gasteiger partial charge in [-0.25, -0.2) is 4.98 Å². The summed E-state index contributed by atoms with van der Waals surface area (Å²) in [5.41, 5.74) is 11.1. The van der Waals surface area contributed by atoms with Gasteiger partial charge in [-0.1, -0.05) is 112 Å². The van der Waals surface area contributed by atoms with Crippen LogP contribution in [0.3, 0.4) is 0 Å². The van der Waals surface area contributed by atoms with Crippen LogP contribution >= 0.6 is 0 Å². The van der Waals surface area contributed by atoms with E-state index in [1.165, 1.54) is 39.6 Å². The zero-order chi connectivity index (χ0) is 43.2. The fourth-order valence-corrected chi connectivity index (χ4v) is 8.61. The van der Waals surface area contributed by atoms with E-state index >= 15 is 0 Å². The third-order valence-corrected chi connectivity index (χ3v) is 12.6. The summed E-state index contributed by atoms with van der Waals surface area (Å²) in [5, 5.41) is 3.05. The molecule has 0 N–H and O–H groups in total. The first-order chi connectivity index (χ1) is 29.1. The molecule has 4 aromatic heterocycles. The fourth-order valence-electron chi connectivity index (χ4n) is 7.44. The van der Waals surface area contributed by atoms with E-state index in [1.807, 2.05) is 42.5 Å². The minimum atomic E-state index is -2.33. The number of fused-ring (bicyclic) bond motifs is 4. The molecule has 0 aliphatic heterocycles. The summed E-state index contributed by atoms with van der Waals surface area (Å²) in [5.74, 6) is 0.884. The predicted molar refractivity (Wildman–Crippen MR) is 240 cm³/mol. The number of hydrogen-bond acceptors (Lipinski definition) is 4. The first kappa shape index (κ1) is 37.7. The molecule has 0 aliphatic carbocycles. The first-order valence-electron chi connectivity index (χ1n) is 21.2. The Morgan fingerprint density at radius 1 is 0.763 bits per heavy atom. The topological polar surface area (TPSA) is 56.7 Å². The Hall–Kier alpha value is -5.53. The van der Waals surface area contributed by atoms with Gasteiger partial charge < -0.3 is 14.0 Å². The molecule has 8 heteroatoms. The molecule has 0 fully saturated rings. The van der Waals surface area contributed by atoms with Gasteiger partial charge in [0.05, 0.1) is 30.5 Å². The van der Waals surface area contributed by atoms with E-state index in [0.717, 1.165) is 38.8 Å². The van der Waals surface area contributed by atoms with Gasteiger partial charge in [-0.2, -0.15) is 0 Å². The van der Waals surface area contributed by atoms with Crippen LogP contribution in [0.1, 0.15) is 60.5 Å². The molecule has 0 unspecified atom stereocenters. The predicted octanol–water partition coefficient (Wildman–Crippen LogP) is 13.2. The van der Waals surface area contributed by atoms with Gasteiger partial charge in [-0.3, -0.25) is 9.37 Å². The van der Waals surface area contributed by atoms with Crippen molar-refractivity contribution in [3.63, 3.8) is 0 Å². The second-order valence-electron chi connectivity index (χ2n) is 16.3. The fraction of sp³-hybridized carbons (Fsp3) is 0.196. The molecular formula is C51H47FIrN4OSi-2. The third-order valence-electron chi connectivity index (χ3n) is 10.5. The smallest absolute Gasteiger partial charge is 0.216 e. The molecule has 0 atom stereocenters. The molecule has 5 nitrogen and oxygen atoms in total. The maximum absolute atomic E-state index is 12.6. The summed E-state index contributed by atoms with van der Waals surface area (Å²) in [6.45, 7) is 13.8. The average molecular weight is 974 g/mol. The van der Waals surface area contributed by atoms with E-state index < -0.39 is 14.9 Å². The Kier molecular flexibility index (Phi) is 10.9. The number of pyridine rings is 2. The second kappa shape index (κ2) is 17.0. The van der Waals surface area contributed by atoms with E-state index in [4.69, 9.17) is 13.5 Å². The number of halogens is 1. The molecule has 0 aliphatic rings. The van der Waals surface area contributed by atoms with Crippen molar-refractivity contribution in [3.8, 4) is 39.5 Å². The van der Waals surface area contributed by atoms with Crippen molar-refractivity contribution in [2.24, 2.45) is 0 Å². The largest absolute Gasteiger partial charge is 0.486 e. The Bertz CT molecular complexity index is 2980. The van der Waals surface area contributed by atoms with E-state index in [0.29, 0.717) is 17.0 Å². The summed E-state index contributed by atoms with van der Waals surface area (Å²) in [4.78, 5) is 13.7. The Labute approximate surface area is 365 Å². The van der Waals surface area contributed by atoms with Gasteiger partial charge in [-0.15, -0.1) is 48.0 Å². The quantitative estimate of drug-likeness (QED) is 0.118. The molecule has 59 heavy (non-hydrogen) atoms. The maximum Gasteiger partial charge on any atom is 0.216 e. The molecule has 1 radical (unpaired) electrons. The molecule has 5 aromatic carbocycles. The van der Waals surface area contributed by atoms with Crippen LogP contribution in [0.5, 0.6) is 0 Å². The normalized spacial score (nSPS) is 12.6. The van der Waals surface area contributed by atoms with Crippen molar-refractivity contribution in [2.45, 2.75) is 66.0 Å². The maximum atomic E-state index is 12.6. The number of rotatable bonds is 7. The molecule has 0 spiro atoms. The number of para-hydroxylation sites is 2. The Balaban J connectivity index is 0.000000352. The molecular weight excluding hydrogens is 924 g/mol. The van der Waals surface area contributed by atoms with Crippen LogP contribution < -0.4 is 5.19 Å². The number of benzene rings is 5. The molecule has 0 amide bonds. The van der Waals surface area contributed by atoms with Gasteiger partial charge in [0.2, 0.25) is 5.71 Å². The summed E-state index contributed by atoms with van der Waals surface area (Å²) < 4.78 is 44.8. The van der Waals surface area contributed by atoms with Crippen LogP contribution in [-0.4, -0.2) is 27.6 Å².